The fourth-order valence-corrected chi connectivity index (χ4v) is 3.15. The first-order chi connectivity index (χ1) is 12.3. The number of furan rings is 1. The molecule has 0 aliphatic rings. The van der Waals surface area contributed by atoms with Gasteiger partial charge in [0.2, 0.25) is 0 Å². The molecule has 0 spiro atoms. The van der Waals surface area contributed by atoms with Crippen molar-refractivity contribution in [2.75, 3.05) is 5.32 Å². The number of aromatic nitrogens is 3. The maximum atomic E-state index is 12.4. The van der Waals surface area contributed by atoms with E-state index < -0.39 is 0 Å². The summed E-state index contributed by atoms with van der Waals surface area (Å²) in [5, 5.41) is 3.57. The average Bonchev–Trinajstić information content (AvgIpc) is 3.38. The Morgan fingerprint density at radius 2 is 2.12 bits per heavy atom. The van der Waals surface area contributed by atoms with Crippen LogP contribution in [0, 0.1) is 0 Å². The number of carbonyl (C=O) groups is 1. The van der Waals surface area contributed by atoms with Crippen molar-refractivity contribution in [3.63, 3.8) is 0 Å². The molecule has 1 N–H and O–H groups in total. The van der Waals surface area contributed by atoms with Gasteiger partial charge in [-0.25, -0.2) is 9.97 Å². The predicted octanol–water partition coefficient (Wildman–Crippen LogP) is 3.90. The third-order valence-electron chi connectivity index (χ3n) is 3.60. The summed E-state index contributed by atoms with van der Waals surface area (Å²) in [6, 6.07) is 11.4. The summed E-state index contributed by atoms with van der Waals surface area (Å²) < 4.78 is 7.28. The monoisotopic (exact) mass is 350 g/mol. The van der Waals surface area contributed by atoms with Gasteiger partial charge in [-0.05, 0) is 29.8 Å². The molecule has 0 fully saturated rings. The highest BCUT2D eigenvalue weighted by atomic mass is 32.1. The first-order valence-corrected chi connectivity index (χ1v) is 8.45. The number of hydrogen-bond donors (Lipinski definition) is 1. The van der Waals surface area contributed by atoms with Crippen molar-refractivity contribution in [2.24, 2.45) is 0 Å². The topological polar surface area (TPSA) is 73.0 Å². The van der Waals surface area contributed by atoms with Gasteiger partial charge in [-0.3, -0.25) is 4.79 Å². The Bertz CT molecular complexity index is 957. The Kier molecular flexibility index (Phi) is 4.14. The molecule has 0 unspecified atom stereocenters. The molecule has 1 aromatic carbocycles. The number of nitrogens with one attached hydrogen (secondary N) is 1. The van der Waals surface area contributed by atoms with E-state index in [9.17, 15) is 4.79 Å². The van der Waals surface area contributed by atoms with Crippen LogP contribution in [0.5, 0.6) is 0 Å². The van der Waals surface area contributed by atoms with Crippen LogP contribution < -0.4 is 5.32 Å². The average molecular weight is 350 g/mol. The molecule has 0 radical (unpaired) electrons. The number of anilines is 1. The zero-order chi connectivity index (χ0) is 17.1. The van der Waals surface area contributed by atoms with Crippen molar-refractivity contribution in [2.45, 2.75) is 6.54 Å². The van der Waals surface area contributed by atoms with E-state index in [1.165, 1.54) is 11.3 Å². The van der Waals surface area contributed by atoms with E-state index in [0.717, 1.165) is 17.8 Å². The van der Waals surface area contributed by atoms with Crippen LogP contribution in [0.2, 0.25) is 0 Å². The van der Waals surface area contributed by atoms with Crippen LogP contribution >= 0.6 is 11.3 Å². The molecule has 4 rings (SSSR count). The molecule has 3 heterocycles. The zero-order valence-electron chi connectivity index (χ0n) is 13.1. The van der Waals surface area contributed by atoms with E-state index in [4.69, 9.17) is 4.42 Å². The van der Waals surface area contributed by atoms with Crippen LogP contribution in [-0.4, -0.2) is 20.4 Å². The quantitative estimate of drug-likeness (QED) is 0.592. The second kappa shape index (κ2) is 6.74. The SMILES string of the molecule is O=C(Nc1ccc(Cn2ccnc2)cc1)c1cnc(-c2ccco2)s1. The molecular formula is C18H14N4O2S. The smallest absolute Gasteiger partial charge is 0.267 e. The Morgan fingerprint density at radius 3 is 2.84 bits per heavy atom. The lowest BCUT2D eigenvalue weighted by molar-refractivity contribution is 0.103. The Labute approximate surface area is 147 Å². The molecule has 4 aromatic rings. The lowest BCUT2D eigenvalue weighted by Crippen LogP contribution is -2.10. The van der Waals surface area contributed by atoms with E-state index in [0.29, 0.717) is 15.6 Å². The standard InChI is InChI=1S/C18H14N4O2S/c23-17(16-10-20-18(25-16)15-2-1-9-24-15)21-14-5-3-13(4-6-14)11-22-8-7-19-12-22/h1-10,12H,11H2,(H,21,23). The largest absolute Gasteiger partial charge is 0.462 e. The number of nitrogens with zero attached hydrogens (tertiary/aromatic N) is 3. The highest BCUT2D eigenvalue weighted by Gasteiger charge is 2.13. The van der Waals surface area contributed by atoms with Gasteiger partial charge in [0.05, 0.1) is 18.8 Å². The summed E-state index contributed by atoms with van der Waals surface area (Å²) in [5.74, 6) is 0.477. The molecule has 3 aromatic heterocycles. The van der Waals surface area contributed by atoms with Gasteiger partial charge >= 0.3 is 0 Å². The van der Waals surface area contributed by atoms with Crippen LogP contribution in [0.1, 0.15) is 15.2 Å². The van der Waals surface area contributed by atoms with Crippen LogP contribution in [0.25, 0.3) is 10.8 Å². The van der Waals surface area contributed by atoms with E-state index in [1.807, 2.05) is 41.1 Å². The number of thiazole rings is 1. The maximum absolute atomic E-state index is 12.4. The molecule has 1 amide bonds. The van der Waals surface area contributed by atoms with Crippen LogP contribution in [0.15, 0.2) is 72.0 Å². The Balaban J connectivity index is 1.42. The van der Waals surface area contributed by atoms with E-state index in [2.05, 4.69) is 15.3 Å². The molecule has 124 valence electrons. The molecule has 0 saturated carbocycles. The van der Waals surface area contributed by atoms with Gasteiger partial charge in [0.1, 0.15) is 4.88 Å². The lowest BCUT2D eigenvalue weighted by atomic mass is 10.2. The summed E-state index contributed by atoms with van der Waals surface area (Å²) in [5.41, 5.74) is 1.88. The van der Waals surface area contributed by atoms with Crippen LogP contribution in [0.3, 0.4) is 0 Å². The van der Waals surface area contributed by atoms with Crippen molar-refractivity contribution < 1.29 is 9.21 Å². The molecular weight excluding hydrogens is 336 g/mol. The molecule has 0 bridgehead atoms. The maximum Gasteiger partial charge on any atom is 0.267 e. The Morgan fingerprint density at radius 1 is 1.24 bits per heavy atom. The van der Waals surface area contributed by atoms with E-state index in [1.54, 1.807) is 31.1 Å². The molecule has 6 nitrogen and oxygen atoms in total. The molecule has 0 atom stereocenters. The predicted molar refractivity (Wildman–Crippen MR) is 95.5 cm³/mol. The summed E-state index contributed by atoms with van der Waals surface area (Å²) in [6.45, 7) is 0.746. The number of imidazole rings is 1. The third kappa shape index (κ3) is 3.51. The van der Waals surface area contributed by atoms with Crippen LogP contribution in [-0.2, 0) is 6.54 Å². The normalized spacial score (nSPS) is 10.7. The van der Waals surface area contributed by atoms with E-state index >= 15 is 0 Å². The van der Waals surface area contributed by atoms with Crippen LogP contribution in [0.4, 0.5) is 5.69 Å². The van der Waals surface area contributed by atoms with E-state index in [-0.39, 0.29) is 5.91 Å². The summed E-state index contributed by atoms with van der Waals surface area (Å²) >= 11 is 1.30. The molecule has 25 heavy (non-hydrogen) atoms. The summed E-state index contributed by atoms with van der Waals surface area (Å²) in [7, 11) is 0. The van der Waals surface area contributed by atoms with Gasteiger partial charge in [-0.15, -0.1) is 11.3 Å². The zero-order valence-corrected chi connectivity index (χ0v) is 13.9. The van der Waals surface area contributed by atoms with Crippen molar-refractivity contribution in [1.29, 1.82) is 0 Å². The second-order valence-electron chi connectivity index (χ2n) is 5.39. The lowest BCUT2D eigenvalue weighted by Gasteiger charge is -2.06. The fraction of sp³-hybridized carbons (Fsp3) is 0.0556. The number of amides is 1. The van der Waals surface area contributed by atoms with Gasteiger partial charge < -0.3 is 14.3 Å². The van der Waals surface area contributed by atoms with Crippen molar-refractivity contribution in [3.8, 4) is 10.8 Å². The summed E-state index contributed by atoms with van der Waals surface area (Å²) in [6.07, 6.45) is 8.58. The molecule has 0 aliphatic heterocycles. The van der Waals surface area contributed by atoms with Crippen molar-refractivity contribution in [3.05, 3.63) is 78.0 Å². The van der Waals surface area contributed by atoms with Gasteiger partial charge in [-0.2, -0.15) is 0 Å². The Hall–Kier alpha value is -3.19. The number of rotatable bonds is 5. The fourth-order valence-electron chi connectivity index (χ4n) is 2.37. The van der Waals surface area contributed by atoms with Gasteiger partial charge in [0.25, 0.3) is 5.91 Å². The van der Waals surface area contributed by atoms with Crippen molar-refractivity contribution >= 4 is 22.9 Å². The number of carbonyl (C=O) groups excluding carboxylic acids is 1. The minimum atomic E-state index is -0.183. The van der Waals surface area contributed by atoms with Gasteiger partial charge in [-0.1, -0.05) is 12.1 Å². The first kappa shape index (κ1) is 15.3. The number of benzene rings is 1. The minimum absolute atomic E-state index is 0.183. The molecule has 0 aliphatic carbocycles. The molecule has 0 saturated heterocycles. The van der Waals surface area contributed by atoms with Gasteiger partial charge in [0, 0.05) is 24.6 Å². The molecule has 7 heteroatoms. The van der Waals surface area contributed by atoms with Gasteiger partial charge in [0.15, 0.2) is 10.8 Å². The number of hydrogen-bond acceptors (Lipinski definition) is 5. The summed E-state index contributed by atoms with van der Waals surface area (Å²) in [4.78, 5) is 21.1. The van der Waals surface area contributed by atoms with Crippen molar-refractivity contribution in [1.82, 2.24) is 14.5 Å². The highest BCUT2D eigenvalue weighted by Crippen LogP contribution is 2.26. The highest BCUT2D eigenvalue weighted by molar-refractivity contribution is 7.17. The third-order valence-corrected chi connectivity index (χ3v) is 4.61. The first-order valence-electron chi connectivity index (χ1n) is 7.64. The second-order valence-corrected chi connectivity index (χ2v) is 6.42. The minimum Gasteiger partial charge on any atom is -0.462 e.